The molecule has 0 fully saturated rings. The van der Waals surface area contributed by atoms with Crippen molar-refractivity contribution in [2.75, 3.05) is 13.6 Å². The Balaban J connectivity index is 2.36. The van der Waals surface area contributed by atoms with E-state index in [1.54, 1.807) is 7.05 Å². The summed E-state index contributed by atoms with van der Waals surface area (Å²) in [7, 11) is 3.88. The summed E-state index contributed by atoms with van der Waals surface area (Å²) in [5.74, 6) is -0.742. The maximum atomic E-state index is 11.7. The highest BCUT2D eigenvalue weighted by Crippen LogP contribution is 2.21. The van der Waals surface area contributed by atoms with Crippen LogP contribution in [-0.4, -0.2) is 38.1 Å². The van der Waals surface area contributed by atoms with Gasteiger partial charge in [0.1, 0.15) is 13.4 Å². The van der Waals surface area contributed by atoms with Crippen molar-refractivity contribution in [1.29, 1.82) is 0 Å². The molecule has 23 heavy (non-hydrogen) atoms. The van der Waals surface area contributed by atoms with Crippen LogP contribution in [0.15, 0.2) is 24.3 Å². The Morgan fingerprint density at radius 1 is 1.22 bits per heavy atom. The lowest BCUT2D eigenvalue weighted by Gasteiger charge is -2.29. The first-order valence-corrected chi connectivity index (χ1v) is 8.79. The van der Waals surface area contributed by atoms with Gasteiger partial charge in [0.15, 0.2) is 0 Å². The first kappa shape index (κ1) is 20.0. The van der Waals surface area contributed by atoms with Crippen LogP contribution in [0, 0.1) is 0 Å². The zero-order valence-electron chi connectivity index (χ0n) is 14.2. The first-order valence-electron chi connectivity index (χ1n) is 8.41. The molecule has 3 N–H and O–H groups in total. The van der Waals surface area contributed by atoms with Crippen molar-refractivity contribution in [3.8, 4) is 0 Å². The number of hydrogen-bond donors (Lipinski definition) is 3. The molecule has 0 amide bonds. The Bertz CT molecular complexity index is 470. The van der Waals surface area contributed by atoms with E-state index in [9.17, 15) is 9.90 Å². The topological polar surface area (TPSA) is 61.4 Å². The molecule has 1 aromatic carbocycles. The molecular formula is C17H28BClN2O2. The van der Waals surface area contributed by atoms with E-state index in [0.29, 0.717) is 12.8 Å². The van der Waals surface area contributed by atoms with Gasteiger partial charge in [0.2, 0.25) is 0 Å². The number of unbranched alkanes of at least 4 members (excludes halogenated alkanes) is 1. The maximum absolute atomic E-state index is 11.7. The van der Waals surface area contributed by atoms with Gasteiger partial charge in [-0.15, -0.1) is 0 Å². The number of carbonyl (C=O) groups is 1. The summed E-state index contributed by atoms with van der Waals surface area (Å²) < 4.78 is 0. The lowest BCUT2D eigenvalue weighted by atomic mass is 9.86. The molecule has 128 valence electrons. The number of carboxylic acids is 1. The smallest absolute Gasteiger partial charge is 0.323 e. The number of hydrogen-bond acceptors (Lipinski definition) is 3. The molecule has 0 aliphatic heterocycles. The summed E-state index contributed by atoms with van der Waals surface area (Å²) in [4.78, 5) is 11.7. The van der Waals surface area contributed by atoms with Crippen LogP contribution < -0.4 is 10.6 Å². The minimum Gasteiger partial charge on any atom is -0.480 e. The Hall–Kier alpha value is -1.04. The number of aliphatic carboxylic acids is 1. The van der Waals surface area contributed by atoms with Crippen LogP contribution in [0.3, 0.4) is 0 Å². The van der Waals surface area contributed by atoms with Crippen LogP contribution in [0.5, 0.6) is 0 Å². The molecule has 0 aliphatic carbocycles. The Morgan fingerprint density at radius 2 is 1.87 bits per heavy atom. The van der Waals surface area contributed by atoms with Gasteiger partial charge >= 0.3 is 5.97 Å². The van der Waals surface area contributed by atoms with Crippen molar-refractivity contribution < 1.29 is 9.90 Å². The Morgan fingerprint density at radius 3 is 2.43 bits per heavy atom. The minimum atomic E-state index is -0.795. The lowest BCUT2D eigenvalue weighted by molar-refractivity contribution is -0.145. The first-order chi connectivity index (χ1) is 11.0. The van der Waals surface area contributed by atoms with Crippen molar-refractivity contribution in [2.24, 2.45) is 0 Å². The molecule has 1 atom stereocenters. The van der Waals surface area contributed by atoms with Gasteiger partial charge in [-0.2, -0.15) is 0 Å². The number of likely N-dealkylation sites (N-methyl/N-ethyl adjacent to an activating group) is 1. The van der Waals surface area contributed by atoms with Crippen LogP contribution in [0.1, 0.15) is 37.7 Å². The van der Waals surface area contributed by atoms with E-state index in [0.717, 1.165) is 43.7 Å². The third-order valence-electron chi connectivity index (χ3n) is 4.29. The van der Waals surface area contributed by atoms with E-state index >= 15 is 0 Å². The molecule has 1 aromatic rings. The van der Waals surface area contributed by atoms with E-state index in [4.69, 9.17) is 11.6 Å². The van der Waals surface area contributed by atoms with E-state index in [1.165, 1.54) is 5.56 Å². The fraction of sp³-hybridized carbons (Fsp3) is 0.588. The molecule has 6 heteroatoms. The molecule has 4 nitrogen and oxygen atoms in total. The largest absolute Gasteiger partial charge is 0.480 e. The normalized spacial score (nSPS) is 13.7. The third-order valence-corrected chi connectivity index (χ3v) is 4.55. The molecular weight excluding hydrogens is 310 g/mol. The molecule has 0 aliphatic rings. The van der Waals surface area contributed by atoms with Gasteiger partial charge in [-0.3, -0.25) is 4.79 Å². The summed E-state index contributed by atoms with van der Waals surface area (Å²) in [5.41, 5.74) is 0.382. The van der Waals surface area contributed by atoms with Crippen LogP contribution in [-0.2, 0) is 11.3 Å². The van der Waals surface area contributed by atoms with Crippen molar-refractivity contribution in [3.05, 3.63) is 34.9 Å². The summed E-state index contributed by atoms with van der Waals surface area (Å²) in [6.45, 7) is 1.57. The van der Waals surface area contributed by atoms with Gasteiger partial charge in [-0.1, -0.05) is 42.9 Å². The molecule has 0 saturated carbocycles. The van der Waals surface area contributed by atoms with Crippen LogP contribution in [0.25, 0.3) is 0 Å². The number of carboxylic acid groups (broad SMARTS) is 1. The number of nitrogens with one attached hydrogen (secondary N) is 2. The average Bonchev–Trinajstić information content (AvgIpc) is 2.54. The van der Waals surface area contributed by atoms with E-state index < -0.39 is 11.5 Å². The van der Waals surface area contributed by atoms with Crippen molar-refractivity contribution >= 4 is 25.4 Å². The second kappa shape index (κ2) is 10.7. The predicted octanol–water partition coefficient (Wildman–Crippen LogP) is 2.47. The molecule has 0 heterocycles. The minimum absolute atomic E-state index is 0.635. The second-order valence-electron chi connectivity index (χ2n) is 6.00. The number of halogens is 1. The van der Waals surface area contributed by atoms with Crippen LogP contribution in [0.2, 0.25) is 11.3 Å². The van der Waals surface area contributed by atoms with E-state index in [1.807, 2.05) is 24.3 Å². The molecule has 0 radical (unpaired) electrons. The molecule has 0 saturated heterocycles. The van der Waals surface area contributed by atoms with Crippen LogP contribution in [0.4, 0.5) is 0 Å². The highest BCUT2D eigenvalue weighted by molar-refractivity contribution is 6.30. The van der Waals surface area contributed by atoms with Gasteiger partial charge in [0.25, 0.3) is 0 Å². The van der Waals surface area contributed by atoms with Gasteiger partial charge in [-0.05, 0) is 50.6 Å². The van der Waals surface area contributed by atoms with Crippen molar-refractivity contribution in [2.45, 2.75) is 50.5 Å². The molecule has 0 aromatic heterocycles. The number of rotatable bonds is 12. The van der Waals surface area contributed by atoms with Gasteiger partial charge in [0.05, 0.1) is 0 Å². The standard InChI is InChI=1S/C17H28BClN2O2/c1-20-17(16(22)23,9-2-3-11-18)10-4-12-21-13-14-5-7-15(19)8-6-14/h5-8,20-21H,2-4,9-13,18H2,1H3,(H,22,23). The fourth-order valence-electron chi connectivity index (χ4n) is 2.72. The molecule has 1 unspecified atom stereocenters. The maximum Gasteiger partial charge on any atom is 0.323 e. The summed E-state index contributed by atoms with van der Waals surface area (Å²) in [5, 5.41) is 16.7. The summed E-state index contributed by atoms with van der Waals surface area (Å²) >= 11 is 5.86. The van der Waals surface area contributed by atoms with Gasteiger partial charge < -0.3 is 15.7 Å². The van der Waals surface area contributed by atoms with Crippen molar-refractivity contribution in [3.63, 3.8) is 0 Å². The summed E-state index contributed by atoms with van der Waals surface area (Å²) in [6, 6.07) is 7.75. The van der Waals surface area contributed by atoms with Crippen molar-refractivity contribution in [1.82, 2.24) is 10.6 Å². The quantitative estimate of drug-likeness (QED) is 0.405. The SMILES string of the molecule is BCCCCC(CCCNCc1ccc(Cl)cc1)(NC)C(=O)O. The second-order valence-corrected chi connectivity index (χ2v) is 6.44. The number of benzene rings is 1. The molecule has 0 bridgehead atoms. The average molecular weight is 339 g/mol. The van der Waals surface area contributed by atoms with Gasteiger partial charge in [-0.25, -0.2) is 0 Å². The van der Waals surface area contributed by atoms with E-state index in [-0.39, 0.29) is 0 Å². The molecule has 0 spiro atoms. The monoisotopic (exact) mass is 338 g/mol. The highest BCUT2D eigenvalue weighted by atomic mass is 35.5. The van der Waals surface area contributed by atoms with Crippen LogP contribution >= 0.6 is 11.6 Å². The summed E-state index contributed by atoms with van der Waals surface area (Å²) in [6.07, 6.45) is 5.27. The van der Waals surface area contributed by atoms with Gasteiger partial charge in [0, 0.05) is 11.6 Å². The lowest BCUT2D eigenvalue weighted by Crippen LogP contribution is -2.50. The highest BCUT2D eigenvalue weighted by Gasteiger charge is 2.35. The fourth-order valence-corrected chi connectivity index (χ4v) is 2.85. The zero-order valence-corrected chi connectivity index (χ0v) is 15.0. The Kier molecular flexibility index (Phi) is 9.30. The molecule has 1 rings (SSSR count). The zero-order chi connectivity index (χ0) is 17.1. The van der Waals surface area contributed by atoms with E-state index in [2.05, 4.69) is 18.5 Å². The predicted molar refractivity (Wildman–Crippen MR) is 99.0 cm³/mol. The Labute approximate surface area is 145 Å². The third kappa shape index (κ3) is 6.94.